The molecule has 1 aliphatic rings. The number of rotatable bonds is 7. The highest BCUT2D eigenvalue weighted by Crippen LogP contribution is 2.40. The first kappa shape index (κ1) is 19.9. The number of amides is 2. The number of nitrogens with one attached hydrogen (secondary N) is 2. The van der Waals surface area contributed by atoms with Gasteiger partial charge in [0.1, 0.15) is 0 Å². The maximum Gasteiger partial charge on any atom is 0.239 e. The first-order valence-electron chi connectivity index (χ1n) is 9.00. The fourth-order valence-electron chi connectivity index (χ4n) is 3.17. The van der Waals surface area contributed by atoms with Crippen LogP contribution in [0.15, 0.2) is 0 Å². The van der Waals surface area contributed by atoms with E-state index in [0.29, 0.717) is 5.41 Å². The molecule has 1 saturated carbocycles. The number of carbonyl (C=O) groups excluding carboxylic acids is 2. The summed E-state index contributed by atoms with van der Waals surface area (Å²) in [6.07, 6.45) is 5.57. The van der Waals surface area contributed by atoms with Gasteiger partial charge in [-0.1, -0.05) is 41.0 Å². The van der Waals surface area contributed by atoms with Crippen molar-refractivity contribution in [3.05, 3.63) is 0 Å². The number of hydrogen-bond acceptors (Lipinski definition) is 3. The molecule has 23 heavy (non-hydrogen) atoms. The minimum atomic E-state index is -0.561. The smallest absolute Gasteiger partial charge is 0.239 e. The lowest BCUT2D eigenvalue weighted by atomic mass is 9.69. The van der Waals surface area contributed by atoms with Crippen LogP contribution in [0.1, 0.15) is 66.7 Å². The van der Waals surface area contributed by atoms with Gasteiger partial charge in [-0.2, -0.15) is 0 Å². The van der Waals surface area contributed by atoms with E-state index >= 15 is 0 Å². The van der Waals surface area contributed by atoms with Crippen molar-refractivity contribution < 1.29 is 9.59 Å². The van der Waals surface area contributed by atoms with Gasteiger partial charge in [0.15, 0.2) is 0 Å². The van der Waals surface area contributed by atoms with E-state index in [1.54, 1.807) is 0 Å². The van der Waals surface area contributed by atoms with Crippen molar-refractivity contribution in [3.63, 3.8) is 0 Å². The summed E-state index contributed by atoms with van der Waals surface area (Å²) in [5.74, 6) is 0.427. The monoisotopic (exact) mass is 325 g/mol. The van der Waals surface area contributed by atoms with Crippen molar-refractivity contribution in [2.45, 2.75) is 78.8 Å². The first-order valence-corrected chi connectivity index (χ1v) is 9.00. The lowest BCUT2D eigenvalue weighted by Crippen LogP contribution is -2.49. The maximum absolute atomic E-state index is 12.0. The van der Waals surface area contributed by atoms with Crippen molar-refractivity contribution in [1.29, 1.82) is 0 Å². The second-order valence-electron chi connectivity index (χ2n) is 7.95. The van der Waals surface area contributed by atoms with E-state index in [-0.39, 0.29) is 30.3 Å². The molecule has 0 aromatic carbocycles. The highest BCUT2D eigenvalue weighted by Gasteiger charge is 2.32. The predicted molar refractivity (Wildman–Crippen MR) is 93.8 cm³/mol. The van der Waals surface area contributed by atoms with E-state index in [9.17, 15) is 9.59 Å². The van der Waals surface area contributed by atoms with Crippen LogP contribution in [0.2, 0.25) is 0 Å². The molecule has 1 atom stereocenters. The predicted octanol–water partition coefficient (Wildman–Crippen LogP) is 2.20. The van der Waals surface area contributed by atoms with Gasteiger partial charge in [0, 0.05) is 6.04 Å². The zero-order valence-corrected chi connectivity index (χ0v) is 15.4. The summed E-state index contributed by atoms with van der Waals surface area (Å²) >= 11 is 0. The Hall–Kier alpha value is -1.10. The van der Waals surface area contributed by atoms with Crippen molar-refractivity contribution in [2.24, 2.45) is 23.0 Å². The van der Waals surface area contributed by atoms with Crippen molar-refractivity contribution in [3.8, 4) is 0 Å². The summed E-state index contributed by atoms with van der Waals surface area (Å²) in [6, 6.07) is -0.323. The van der Waals surface area contributed by atoms with Crippen LogP contribution in [0.5, 0.6) is 0 Å². The zero-order chi connectivity index (χ0) is 17.6. The van der Waals surface area contributed by atoms with Gasteiger partial charge < -0.3 is 16.4 Å². The van der Waals surface area contributed by atoms with Crippen molar-refractivity contribution >= 4 is 11.8 Å². The van der Waals surface area contributed by atoms with Crippen LogP contribution in [0, 0.1) is 17.3 Å². The molecule has 0 aromatic heterocycles. The summed E-state index contributed by atoms with van der Waals surface area (Å²) in [6.45, 7) is 10.7. The largest absolute Gasteiger partial charge is 0.352 e. The minimum Gasteiger partial charge on any atom is -0.352 e. The molecular formula is C18H35N3O2. The molecule has 0 heterocycles. The second kappa shape index (κ2) is 8.67. The average Bonchev–Trinajstić information content (AvgIpc) is 2.52. The van der Waals surface area contributed by atoms with E-state index in [4.69, 9.17) is 5.73 Å². The van der Waals surface area contributed by atoms with Crippen molar-refractivity contribution in [1.82, 2.24) is 10.6 Å². The summed E-state index contributed by atoms with van der Waals surface area (Å²) < 4.78 is 0. The quantitative estimate of drug-likeness (QED) is 0.671. The molecule has 0 aromatic rings. The molecule has 0 unspecified atom stereocenters. The lowest BCUT2D eigenvalue weighted by Gasteiger charge is -2.39. The minimum absolute atomic E-state index is 0.0135. The van der Waals surface area contributed by atoms with Gasteiger partial charge in [-0.05, 0) is 42.9 Å². The van der Waals surface area contributed by atoms with Crippen molar-refractivity contribution in [2.75, 3.05) is 6.54 Å². The van der Waals surface area contributed by atoms with Crippen LogP contribution < -0.4 is 16.4 Å². The molecule has 1 fully saturated rings. The van der Waals surface area contributed by atoms with Crippen LogP contribution in [0.4, 0.5) is 0 Å². The fourth-order valence-corrected chi connectivity index (χ4v) is 3.17. The van der Waals surface area contributed by atoms with Gasteiger partial charge in [-0.15, -0.1) is 0 Å². The third-order valence-electron chi connectivity index (χ3n) is 5.55. The van der Waals surface area contributed by atoms with Gasteiger partial charge in [0.25, 0.3) is 0 Å². The highest BCUT2D eigenvalue weighted by atomic mass is 16.2. The molecule has 0 saturated heterocycles. The summed E-state index contributed by atoms with van der Waals surface area (Å²) in [4.78, 5) is 23.7. The Morgan fingerprint density at radius 3 is 2.22 bits per heavy atom. The van der Waals surface area contributed by atoms with Gasteiger partial charge >= 0.3 is 0 Å². The molecule has 0 radical (unpaired) electrons. The Labute approximate surface area is 141 Å². The van der Waals surface area contributed by atoms with Gasteiger partial charge in [0.2, 0.25) is 11.8 Å². The Morgan fingerprint density at radius 1 is 1.17 bits per heavy atom. The number of carbonyl (C=O) groups is 2. The molecular weight excluding hydrogens is 290 g/mol. The number of nitrogens with two attached hydrogens (primary N) is 1. The van der Waals surface area contributed by atoms with Gasteiger partial charge in [0.05, 0.1) is 12.6 Å². The fraction of sp³-hybridized carbons (Fsp3) is 0.889. The Balaban J connectivity index is 2.31. The normalized spacial score (nSPS) is 23.4. The van der Waals surface area contributed by atoms with E-state index in [2.05, 4.69) is 31.4 Å². The molecule has 1 rings (SSSR count). The average molecular weight is 325 g/mol. The summed E-state index contributed by atoms with van der Waals surface area (Å²) in [5, 5.41) is 5.66. The SMILES string of the molecule is CCC(C)(C)C1CCC(NC(=O)CNC(=O)[C@@H](N)C(C)C)CC1. The van der Waals surface area contributed by atoms with Crippen LogP contribution in [-0.4, -0.2) is 30.4 Å². The molecule has 5 nitrogen and oxygen atoms in total. The Morgan fingerprint density at radius 2 is 1.74 bits per heavy atom. The third kappa shape index (κ3) is 6.13. The zero-order valence-electron chi connectivity index (χ0n) is 15.4. The summed E-state index contributed by atoms with van der Waals surface area (Å²) in [5.41, 5.74) is 6.14. The molecule has 2 amide bonds. The maximum atomic E-state index is 12.0. The standard InChI is InChI=1S/C18H35N3O2/c1-6-18(4,5)13-7-9-14(10-8-13)21-15(22)11-20-17(23)16(19)12(2)3/h12-14,16H,6-11,19H2,1-5H3,(H,20,23)(H,21,22)/t13?,14?,16-/m0/s1. The summed E-state index contributed by atoms with van der Waals surface area (Å²) in [7, 11) is 0. The topological polar surface area (TPSA) is 84.2 Å². The highest BCUT2D eigenvalue weighted by molar-refractivity contribution is 5.87. The van der Waals surface area contributed by atoms with Crippen LogP contribution in [0.3, 0.4) is 0 Å². The second-order valence-corrected chi connectivity index (χ2v) is 7.95. The first-order chi connectivity index (χ1) is 10.7. The molecule has 1 aliphatic carbocycles. The Kier molecular flexibility index (Phi) is 7.52. The lowest BCUT2D eigenvalue weighted by molar-refractivity contribution is -0.127. The van der Waals surface area contributed by atoms with Crippen LogP contribution in [-0.2, 0) is 9.59 Å². The number of hydrogen-bond donors (Lipinski definition) is 3. The molecule has 0 aliphatic heterocycles. The third-order valence-corrected chi connectivity index (χ3v) is 5.55. The molecule has 0 bridgehead atoms. The Bertz CT molecular complexity index is 399. The van der Waals surface area contributed by atoms with Crippen LogP contribution in [0.25, 0.3) is 0 Å². The molecule has 4 N–H and O–H groups in total. The van der Waals surface area contributed by atoms with E-state index in [1.807, 2.05) is 13.8 Å². The van der Waals surface area contributed by atoms with Gasteiger partial charge in [-0.25, -0.2) is 0 Å². The molecule has 0 spiro atoms. The molecule has 134 valence electrons. The molecule has 5 heteroatoms. The van der Waals surface area contributed by atoms with E-state index in [1.165, 1.54) is 6.42 Å². The van der Waals surface area contributed by atoms with Gasteiger partial charge in [-0.3, -0.25) is 9.59 Å². The van der Waals surface area contributed by atoms with Crippen LogP contribution >= 0.6 is 0 Å². The van der Waals surface area contributed by atoms with E-state index < -0.39 is 6.04 Å². The van der Waals surface area contributed by atoms with E-state index in [0.717, 1.165) is 31.6 Å².